The van der Waals surface area contributed by atoms with Crippen molar-refractivity contribution in [1.29, 1.82) is 0 Å². The summed E-state index contributed by atoms with van der Waals surface area (Å²) >= 11 is 1.87. The van der Waals surface area contributed by atoms with Crippen LogP contribution < -0.4 is 0 Å². The molecule has 0 aliphatic heterocycles. The van der Waals surface area contributed by atoms with Crippen LogP contribution in [-0.4, -0.2) is 15.0 Å². The number of aromatic nitrogens is 3. The maximum atomic E-state index is 5.33. The summed E-state index contributed by atoms with van der Waals surface area (Å²) in [6.07, 6.45) is 0. The van der Waals surface area contributed by atoms with Crippen molar-refractivity contribution in [3.05, 3.63) is 164 Å². The zero-order valence-corrected chi connectivity index (χ0v) is 28.2. The summed E-state index contributed by atoms with van der Waals surface area (Å²) in [5.74, 6) is 2.00. The van der Waals surface area contributed by atoms with Crippen molar-refractivity contribution in [2.75, 3.05) is 0 Å². The van der Waals surface area contributed by atoms with E-state index in [4.69, 9.17) is 15.0 Å². The third-order valence-electron chi connectivity index (χ3n) is 10.3. The predicted octanol–water partition coefficient (Wildman–Crippen LogP) is 13.0. The van der Waals surface area contributed by atoms with Gasteiger partial charge in [0.15, 0.2) is 17.5 Å². The van der Waals surface area contributed by atoms with E-state index in [1.807, 2.05) is 29.5 Å². The Balaban J connectivity index is 1.28. The molecule has 0 N–H and O–H groups in total. The number of nitrogens with zero attached hydrogens (tertiary/aromatic N) is 3. The first-order valence-electron chi connectivity index (χ1n) is 17.2. The molecular formula is C47H27N3S. The van der Waals surface area contributed by atoms with Gasteiger partial charge in [-0.3, -0.25) is 0 Å². The average molecular weight is 666 g/mol. The summed E-state index contributed by atoms with van der Waals surface area (Å²) in [7, 11) is 0. The Morgan fingerprint density at radius 1 is 0.333 bits per heavy atom. The average Bonchev–Trinajstić information content (AvgIpc) is 3.58. The maximum absolute atomic E-state index is 5.33. The summed E-state index contributed by atoms with van der Waals surface area (Å²) in [6.45, 7) is 0. The van der Waals surface area contributed by atoms with Crippen LogP contribution in [0.3, 0.4) is 0 Å². The van der Waals surface area contributed by atoms with Crippen LogP contribution in [0.2, 0.25) is 0 Å². The molecule has 4 heteroatoms. The van der Waals surface area contributed by atoms with Gasteiger partial charge in [0.1, 0.15) is 0 Å². The zero-order chi connectivity index (χ0) is 33.5. The highest BCUT2D eigenvalue weighted by atomic mass is 32.1. The van der Waals surface area contributed by atoms with Crippen molar-refractivity contribution in [2.45, 2.75) is 0 Å². The van der Waals surface area contributed by atoms with E-state index in [1.54, 1.807) is 0 Å². The van der Waals surface area contributed by atoms with Crippen LogP contribution >= 0.6 is 11.3 Å². The van der Waals surface area contributed by atoms with Crippen molar-refractivity contribution >= 4 is 85.4 Å². The Kier molecular flexibility index (Phi) is 6.12. The molecule has 0 amide bonds. The van der Waals surface area contributed by atoms with E-state index < -0.39 is 0 Å². The first-order chi connectivity index (χ1) is 25.3. The van der Waals surface area contributed by atoms with Gasteiger partial charge in [0.05, 0.1) is 0 Å². The smallest absolute Gasteiger partial charge is 0.165 e. The molecule has 11 rings (SSSR count). The number of thiophene rings is 1. The van der Waals surface area contributed by atoms with Crippen LogP contribution in [-0.2, 0) is 0 Å². The molecule has 0 radical (unpaired) electrons. The van der Waals surface area contributed by atoms with E-state index in [9.17, 15) is 0 Å². The van der Waals surface area contributed by atoms with Gasteiger partial charge in [-0.1, -0.05) is 152 Å². The minimum absolute atomic E-state index is 0.660. The Bertz CT molecular complexity index is 3160. The fraction of sp³-hybridized carbons (Fsp3) is 0. The largest absolute Gasteiger partial charge is 0.208 e. The van der Waals surface area contributed by atoms with Gasteiger partial charge in [0.2, 0.25) is 0 Å². The topological polar surface area (TPSA) is 38.7 Å². The van der Waals surface area contributed by atoms with E-state index in [0.29, 0.717) is 17.5 Å². The van der Waals surface area contributed by atoms with Gasteiger partial charge >= 0.3 is 0 Å². The third-order valence-corrected chi connectivity index (χ3v) is 11.4. The summed E-state index contributed by atoms with van der Waals surface area (Å²) < 4.78 is 2.51. The molecule has 236 valence electrons. The van der Waals surface area contributed by atoms with Crippen molar-refractivity contribution in [1.82, 2.24) is 15.0 Å². The molecule has 0 unspecified atom stereocenters. The molecule has 3 nitrogen and oxygen atoms in total. The van der Waals surface area contributed by atoms with Gasteiger partial charge in [-0.2, -0.15) is 0 Å². The van der Waals surface area contributed by atoms with Crippen LogP contribution in [0.25, 0.3) is 108 Å². The normalized spacial score (nSPS) is 11.9. The van der Waals surface area contributed by atoms with E-state index >= 15 is 0 Å². The van der Waals surface area contributed by atoms with E-state index in [2.05, 4.69) is 146 Å². The van der Waals surface area contributed by atoms with Crippen LogP contribution in [0.4, 0.5) is 0 Å². The van der Waals surface area contributed by atoms with Gasteiger partial charge in [0.25, 0.3) is 0 Å². The van der Waals surface area contributed by atoms with Crippen LogP contribution in [0.15, 0.2) is 164 Å². The molecule has 0 fully saturated rings. The van der Waals surface area contributed by atoms with E-state index in [0.717, 1.165) is 27.5 Å². The fourth-order valence-electron chi connectivity index (χ4n) is 7.94. The first-order valence-corrected chi connectivity index (χ1v) is 18.0. The van der Waals surface area contributed by atoms with Crippen molar-refractivity contribution in [3.8, 4) is 34.2 Å². The highest BCUT2D eigenvalue weighted by molar-refractivity contribution is 7.27. The molecule has 0 aliphatic carbocycles. The Labute approximate surface area is 297 Å². The van der Waals surface area contributed by atoms with Crippen molar-refractivity contribution in [2.24, 2.45) is 0 Å². The highest BCUT2D eigenvalue weighted by Crippen LogP contribution is 2.48. The van der Waals surface area contributed by atoms with Crippen LogP contribution in [0.5, 0.6) is 0 Å². The molecule has 11 aromatic rings. The molecule has 0 spiro atoms. The first kappa shape index (κ1) is 28.4. The molecule has 0 saturated heterocycles. The molecule has 2 heterocycles. The van der Waals surface area contributed by atoms with Gasteiger partial charge in [-0.15, -0.1) is 11.3 Å². The fourth-order valence-corrected chi connectivity index (χ4v) is 9.26. The van der Waals surface area contributed by atoms with Crippen molar-refractivity contribution in [3.63, 3.8) is 0 Å². The minimum atomic E-state index is 0.660. The Morgan fingerprint density at radius 2 is 0.882 bits per heavy atom. The lowest BCUT2D eigenvalue weighted by atomic mass is 9.92. The maximum Gasteiger partial charge on any atom is 0.165 e. The number of fused-ring (bicyclic) bond motifs is 12. The lowest BCUT2D eigenvalue weighted by Crippen LogP contribution is -2.01. The second-order valence-corrected chi connectivity index (χ2v) is 14.2. The number of hydrogen-bond acceptors (Lipinski definition) is 4. The highest BCUT2D eigenvalue weighted by Gasteiger charge is 2.22. The van der Waals surface area contributed by atoms with Gasteiger partial charge in [-0.05, 0) is 60.6 Å². The molecule has 2 aromatic heterocycles. The van der Waals surface area contributed by atoms with Crippen LogP contribution in [0.1, 0.15) is 0 Å². The quantitative estimate of drug-likeness (QED) is 0.176. The number of hydrogen-bond donors (Lipinski definition) is 0. The second kappa shape index (κ2) is 11.0. The summed E-state index contributed by atoms with van der Waals surface area (Å²) in [5, 5.41) is 14.7. The van der Waals surface area contributed by atoms with Gasteiger partial charge in [-0.25, -0.2) is 15.0 Å². The van der Waals surface area contributed by atoms with E-state index in [1.165, 1.54) is 63.3 Å². The minimum Gasteiger partial charge on any atom is -0.208 e. The monoisotopic (exact) mass is 665 g/mol. The predicted molar refractivity (Wildman–Crippen MR) is 217 cm³/mol. The number of rotatable bonds is 3. The Morgan fingerprint density at radius 3 is 1.65 bits per heavy atom. The molecule has 0 bridgehead atoms. The lowest BCUT2D eigenvalue weighted by molar-refractivity contribution is 1.08. The van der Waals surface area contributed by atoms with Gasteiger partial charge < -0.3 is 0 Å². The summed E-state index contributed by atoms with van der Waals surface area (Å²) in [5.41, 5.74) is 2.96. The molecule has 0 aliphatic rings. The summed E-state index contributed by atoms with van der Waals surface area (Å²) in [4.78, 5) is 15.7. The standard InChI is InChI=1S/C47H27N3S/c1-2-13-29(14-3-1)45-48-46(32-23-22-28-12-4-5-15-30(28)26-32)50-47(49-45)43-33-17-7-6-16-31(33)27-40-42(43)39-25-24-38-36-20-9-8-18-34(36)35-19-10-11-21-37(35)41(38)44(39)51-40/h1-27H. The molecule has 0 saturated carbocycles. The number of benzene rings is 9. The molecule has 9 aromatic carbocycles. The third kappa shape index (κ3) is 4.33. The lowest BCUT2D eigenvalue weighted by Gasteiger charge is -2.13. The molecular weight excluding hydrogens is 639 g/mol. The summed E-state index contributed by atoms with van der Waals surface area (Å²) in [6, 6.07) is 58.4. The Hall–Kier alpha value is -6.49. The molecule has 0 atom stereocenters. The zero-order valence-electron chi connectivity index (χ0n) is 27.3. The second-order valence-electron chi connectivity index (χ2n) is 13.1. The van der Waals surface area contributed by atoms with E-state index in [-0.39, 0.29) is 0 Å². The SMILES string of the molecule is c1ccc(-c2nc(-c3ccc4ccccc4c3)nc(-c3c4ccccc4cc4sc5c(ccc6c7ccccc7c7ccccc7c65)c34)n2)cc1. The van der Waals surface area contributed by atoms with Crippen LogP contribution in [0, 0.1) is 0 Å². The van der Waals surface area contributed by atoms with Crippen molar-refractivity contribution < 1.29 is 0 Å². The molecule has 51 heavy (non-hydrogen) atoms. The van der Waals surface area contributed by atoms with Gasteiger partial charge in [0, 0.05) is 42.2 Å².